The van der Waals surface area contributed by atoms with E-state index < -0.39 is 32.6 Å². The zero-order chi connectivity index (χ0) is 16.3. The Morgan fingerprint density at radius 3 is 2.29 bits per heavy atom. The van der Waals surface area contributed by atoms with Gasteiger partial charge in [0, 0.05) is 6.54 Å². The van der Waals surface area contributed by atoms with Crippen molar-refractivity contribution < 1.29 is 26.4 Å². The van der Waals surface area contributed by atoms with Crippen molar-refractivity contribution in [2.45, 2.75) is 16.7 Å². The van der Waals surface area contributed by atoms with E-state index in [0.29, 0.717) is 0 Å². The Hall–Kier alpha value is -1.49. The minimum atomic E-state index is -4.03. The minimum absolute atomic E-state index is 0.0248. The molecule has 0 atom stereocenters. The molecule has 1 aromatic carbocycles. The standard InChI is InChI=1S/C11H16N2O6S2/c1-3-13(8-11(14)19-2)21(17,18)10-6-4-5-9(7-10)20(12,15)16/h4-7H,3,8H2,1-2H3,(H2,12,15,16). The lowest BCUT2D eigenvalue weighted by atomic mass is 10.4. The first-order valence-corrected chi connectivity index (χ1v) is 8.81. The summed E-state index contributed by atoms with van der Waals surface area (Å²) >= 11 is 0. The first-order valence-electron chi connectivity index (χ1n) is 5.82. The number of methoxy groups -OCH3 is 1. The summed E-state index contributed by atoms with van der Waals surface area (Å²) in [5, 5.41) is 4.97. The number of benzene rings is 1. The molecule has 118 valence electrons. The van der Waals surface area contributed by atoms with Crippen molar-refractivity contribution in [3.05, 3.63) is 24.3 Å². The largest absolute Gasteiger partial charge is 0.468 e. The summed E-state index contributed by atoms with van der Waals surface area (Å²) in [4.78, 5) is 10.7. The molecule has 0 bridgehead atoms. The first-order chi connectivity index (χ1) is 9.62. The van der Waals surface area contributed by atoms with E-state index in [-0.39, 0.29) is 16.3 Å². The van der Waals surface area contributed by atoms with Crippen molar-refractivity contribution >= 4 is 26.0 Å². The molecule has 0 spiro atoms. The highest BCUT2D eigenvalue weighted by molar-refractivity contribution is 7.90. The fraction of sp³-hybridized carbons (Fsp3) is 0.364. The summed E-state index contributed by atoms with van der Waals surface area (Å²) < 4.78 is 52.6. The molecule has 0 aliphatic heterocycles. The molecule has 21 heavy (non-hydrogen) atoms. The maximum Gasteiger partial charge on any atom is 0.321 e. The fourth-order valence-electron chi connectivity index (χ4n) is 1.54. The lowest BCUT2D eigenvalue weighted by Crippen LogP contribution is -2.36. The van der Waals surface area contributed by atoms with E-state index in [9.17, 15) is 21.6 Å². The number of rotatable bonds is 6. The molecule has 2 N–H and O–H groups in total. The van der Waals surface area contributed by atoms with Gasteiger partial charge in [0.1, 0.15) is 6.54 Å². The number of ether oxygens (including phenoxy) is 1. The van der Waals surface area contributed by atoms with Crippen LogP contribution >= 0.6 is 0 Å². The molecule has 8 nitrogen and oxygen atoms in total. The molecule has 10 heteroatoms. The number of hydrogen-bond donors (Lipinski definition) is 1. The van der Waals surface area contributed by atoms with Gasteiger partial charge in [0.05, 0.1) is 16.9 Å². The minimum Gasteiger partial charge on any atom is -0.468 e. The van der Waals surface area contributed by atoms with Crippen molar-refractivity contribution in [1.29, 1.82) is 0 Å². The second-order valence-corrected chi connectivity index (χ2v) is 7.53. The smallest absolute Gasteiger partial charge is 0.321 e. The molecule has 0 fully saturated rings. The van der Waals surface area contributed by atoms with Crippen LogP contribution in [0.4, 0.5) is 0 Å². The first kappa shape index (κ1) is 17.6. The van der Waals surface area contributed by atoms with Crippen LogP contribution in [0.15, 0.2) is 34.1 Å². The van der Waals surface area contributed by atoms with Gasteiger partial charge in [-0.1, -0.05) is 13.0 Å². The van der Waals surface area contributed by atoms with Gasteiger partial charge in [-0.05, 0) is 18.2 Å². The molecular weight excluding hydrogens is 320 g/mol. The monoisotopic (exact) mass is 336 g/mol. The summed E-state index contributed by atoms with van der Waals surface area (Å²) in [5.74, 6) is -0.719. The normalized spacial score (nSPS) is 12.4. The Bertz CT molecular complexity index is 727. The molecule has 1 aromatic rings. The van der Waals surface area contributed by atoms with Crippen molar-refractivity contribution in [1.82, 2.24) is 4.31 Å². The van der Waals surface area contributed by atoms with E-state index >= 15 is 0 Å². The molecule has 0 unspecified atom stereocenters. The van der Waals surface area contributed by atoms with Crippen molar-refractivity contribution in [2.75, 3.05) is 20.2 Å². The summed E-state index contributed by atoms with van der Waals surface area (Å²) in [5.41, 5.74) is 0. The molecule has 0 aliphatic rings. The second kappa shape index (κ2) is 6.52. The molecule has 0 heterocycles. The molecule has 0 saturated heterocycles. The van der Waals surface area contributed by atoms with Gasteiger partial charge in [-0.25, -0.2) is 22.0 Å². The number of carbonyl (C=O) groups is 1. The average molecular weight is 336 g/mol. The third-order valence-electron chi connectivity index (χ3n) is 2.66. The van der Waals surface area contributed by atoms with E-state index in [1.165, 1.54) is 18.2 Å². The van der Waals surface area contributed by atoms with Crippen LogP contribution in [-0.4, -0.2) is 47.3 Å². The zero-order valence-electron chi connectivity index (χ0n) is 11.5. The van der Waals surface area contributed by atoms with Crippen LogP contribution in [0, 0.1) is 0 Å². The van der Waals surface area contributed by atoms with Gasteiger partial charge < -0.3 is 4.74 Å². The van der Waals surface area contributed by atoms with Gasteiger partial charge in [0.25, 0.3) is 0 Å². The van der Waals surface area contributed by atoms with Gasteiger partial charge in [-0.2, -0.15) is 4.31 Å². The lowest BCUT2D eigenvalue weighted by molar-refractivity contribution is -0.140. The van der Waals surface area contributed by atoms with Gasteiger partial charge in [0.2, 0.25) is 20.0 Å². The van der Waals surface area contributed by atoms with Crippen LogP contribution in [0.1, 0.15) is 6.92 Å². The number of esters is 1. The molecule has 0 aliphatic carbocycles. The Morgan fingerprint density at radius 1 is 1.24 bits per heavy atom. The molecule has 0 radical (unpaired) electrons. The molecule has 1 rings (SSSR count). The van der Waals surface area contributed by atoms with Gasteiger partial charge in [-0.15, -0.1) is 0 Å². The number of hydrogen-bond acceptors (Lipinski definition) is 6. The SMILES string of the molecule is CCN(CC(=O)OC)S(=O)(=O)c1cccc(S(N)(=O)=O)c1. The Kier molecular flexibility index (Phi) is 5.45. The molecular formula is C11H16N2O6S2. The van der Waals surface area contributed by atoms with Gasteiger partial charge in [0.15, 0.2) is 0 Å². The molecule has 0 saturated carbocycles. The Morgan fingerprint density at radius 2 is 1.81 bits per heavy atom. The Labute approximate surface area is 123 Å². The van der Waals surface area contributed by atoms with E-state index in [1.807, 2.05) is 0 Å². The number of likely N-dealkylation sites (N-methyl/N-ethyl adjacent to an activating group) is 1. The molecule has 0 aromatic heterocycles. The number of carbonyl (C=O) groups excluding carboxylic acids is 1. The van der Waals surface area contributed by atoms with Gasteiger partial charge in [-0.3, -0.25) is 4.79 Å². The van der Waals surface area contributed by atoms with Crippen molar-refractivity contribution in [3.8, 4) is 0 Å². The lowest BCUT2D eigenvalue weighted by Gasteiger charge is -2.19. The number of sulfonamides is 2. The predicted octanol–water partition coefficient (Wildman–Crippen LogP) is -0.482. The van der Waals surface area contributed by atoms with Crippen LogP contribution in [0.5, 0.6) is 0 Å². The fourth-order valence-corrected chi connectivity index (χ4v) is 3.61. The van der Waals surface area contributed by atoms with E-state index in [2.05, 4.69) is 4.74 Å². The maximum absolute atomic E-state index is 12.4. The summed E-state index contributed by atoms with van der Waals surface area (Å²) in [6.45, 7) is 1.11. The topological polar surface area (TPSA) is 124 Å². The second-order valence-electron chi connectivity index (χ2n) is 4.03. The average Bonchev–Trinajstić information content (AvgIpc) is 2.43. The highest BCUT2D eigenvalue weighted by atomic mass is 32.2. The molecule has 0 amide bonds. The maximum atomic E-state index is 12.4. The van der Waals surface area contributed by atoms with E-state index in [4.69, 9.17) is 5.14 Å². The van der Waals surface area contributed by atoms with Gasteiger partial charge >= 0.3 is 5.97 Å². The number of nitrogens with two attached hydrogens (primary N) is 1. The highest BCUT2D eigenvalue weighted by Crippen LogP contribution is 2.18. The summed E-state index contributed by atoms with van der Waals surface area (Å²) in [6.07, 6.45) is 0. The quantitative estimate of drug-likeness (QED) is 0.700. The number of primary sulfonamides is 1. The zero-order valence-corrected chi connectivity index (χ0v) is 13.1. The van der Waals surface area contributed by atoms with Crippen LogP contribution < -0.4 is 5.14 Å². The van der Waals surface area contributed by atoms with Crippen molar-refractivity contribution in [3.63, 3.8) is 0 Å². The van der Waals surface area contributed by atoms with E-state index in [1.54, 1.807) is 6.92 Å². The van der Waals surface area contributed by atoms with Crippen LogP contribution in [0.3, 0.4) is 0 Å². The Balaban J connectivity index is 3.26. The number of nitrogens with zero attached hydrogens (tertiary/aromatic N) is 1. The third kappa shape index (κ3) is 4.24. The van der Waals surface area contributed by atoms with Crippen LogP contribution in [0.25, 0.3) is 0 Å². The van der Waals surface area contributed by atoms with Crippen LogP contribution in [0.2, 0.25) is 0 Å². The predicted molar refractivity (Wildman–Crippen MR) is 74.3 cm³/mol. The summed E-state index contributed by atoms with van der Waals surface area (Å²) in [7, 11) is -6.90. The third-order valence-corrected chi connectivity index (χ3v) is 5.49. The highest BCUT2D eigenvalue weighted by Gasteiger charge is 2.26. The van der Waals surface area contributed by atoms with Crippen molar-refractivity contribution in [2.24, 2.45) is 5.14 Å². The summed E-state index contributed by atoms with van der Waals surface area (Å²) in [6, 6.07) is 4.62. The van der Waals surface area contributed by atoms with Crippen LogP contribution in [-0.2, 0) is 29.6 Å². The van der Waals surface area contributed by atoms with E-state index in [0.717, 1.165) is 17.5 Å².